The number of rotatable bonds is 6. The first-order chi connectivity index (χ1) is 18.6. The first kappa shape index (κ1) is 22.8. The monoisotopic (exact) mass is 511 g/mol. The number of carbonyl (C=O) groups is 1. The molecule has 1 aliphatic carbocycles. The fourth-order valence-corrected chi connectivity index (χ4v) is 6.13. The summed E-state index contributed by atoms with van der Waals surface area (Å²) in [5.74, 6) is 3.56. The molecule has 194 valence electrons. The number of piperidine rings is 1. The van der Waals surface area contributed by atoms with Crippen LogP contribution in [0.3, 0.4) is 0 Å². The van der Waals surface area contributed by atoms with Crippen molar-refractivity contribution in [3.8, 4) is 11.5 Å². The highest BCUT2D eigenvalue weighted by atomic mass is 16.5. The van der Waals surface area contributed by atoms with Crippen molar-refractivity contribution in [2.24, 2.45) is 0 Å². The number of nitrogens with one attached hydrogen (secondary N) is 3. The van der Waals surface area contributed by atoms with Gasteiger partial charge in [-0.15, -0.1) is 0 Å². The van der Waals surface area contributed by atoms with Crippen molar-refractivity contribution in [3.05, 3.63) is 53.9 Å². The number of amides is 1. The van der Waals surface area contributed by atoms with E-state index >= 15 is 0 Å². The normalized spacial score (nSPS) is 21.9. The molecule has 10 nitrogen and oxygen atoms in total. The fourth-order valence-electron chi connectivity index (χ4n) is 6.13. The number of aromatic nitrogens is 4. The minimum Gasteiger partial charge on any atom is -0.497 e. The maximum absolute atomic E-state index is 13.1. The average Bonchev–Trinajstić information content (AvgIpc) is 3.51. The van der Waals surface area contributed by atoms with E-state index in [4.69, 9.17) is 9.47 Å². The number of nitrogens with zero attached hydrogens (tertiary/aromatic N) is 4. The van der Waals surface area contributed by atoms with Gasteiger partial charge >= 0.3 is 0 Å². The zero-order valence-corrected chi connectivity index (χ0v) is 21.4. The van der Waals surface area contributed by atoms with Crippen LogP contribution in [0.1, 0.15) is 42.7 Å². The zero-order chi connectivity index (χ0) is 25.9. The van der Waals surface area contributed by atoms with Crippen molar-refractivity contribution in [3.63, 3.8) is 0 Å². The molecule has 0 radical (unpaired) electrons. The number of fused-ring (bicyclic) bond motifs is 3. The molecule has 2 aromatic heterocycles. The fraction of sp³-hybridized carbons (Fsp3) is 0.357. The summed E-state index contributed by atoms with van der Waals surface area (Å²) in [6, 6.07) is 12.0. The van der Waals surface area contributed by atoms with Crippen molar-refractivity contribution in [1.29, 1.82) is 0 Å². The SMILES string of the molecule is COc1ccc2c(c1)[C@]1(C[C@H]1c1ccc3c(Nc4ncnc(N5CCCCC5)c4OC)n[nH]c3c1)C(=O)N2. The molecule has 0 bridgehead atoms. The number of carbonyl (C=O) groups excluding carboxylic acids is 1. The Balaban J connectivity index is 1.18. The number of anilines is 4. The van der Waals surface area contributed by atoms with Crippen LogP contribution < -0.4 is 25.0 Å². The summed E-state index contributed by atoms with van der Waals surface area (Å²) >= 11 is 0. The van der Waals surface area contributed by atoms with Gasteiger partial charge in [0.25, 0.3) is 0 Å². The van der Waals surface area contributed by atoms with Crippen molar-refractivity contribution < 1.29 is 14.3 Å². The summed E-state index contributed by atoms with van der Waals surface area (Å²) < 4.78 is 11.2. The summed E-state index contributed by atoms with van der Waals surface area (Å²) in [7, 11) is 3.29. The molecule has 1 saturated carbocycles. The molecule has 4 aromatic rings. The molecule has 2 aliphatic heterocycles. The van der Waals surface area contributed by atoms with E-state index in [1.807, 2.05) is 24.3 Å². The van der Waals surface area contributed by atoms with E-state index in [-0.39, 0.29) is 11.8 Å². The van der Waals surface area contributed by atoms with E-state index < -0.39 is 5.41 Å². The number of hydrogen-bond acceptors (Lipinski definition) is 8. The zero-order valence-electron chi connectivity index (χ0n) is 21.4. The van der Waals surface area contributed by atoms with Crippen LogP contribution in [0.2, 0.25) is 0 Å². The van der Waals surface area contributed by atoms with Gasteiger partial charge in [0.05, 0.1) is 25.2 Å². The molecular formula is C28H29N7O3. The second kappa shape index (κ2) is 8.61. The number of methoxy groups -OCH3 is 2. The van der Waals surface area contributed by atoms with Crippen LogP contribution >= 0.6 is 0 Å². The van der Waals surface area contributed by atoms with E-state index in [9.17, 15) is 4.79 Å². The van der Waals surface area contributed by atoms with E-state index in [0.29, 0.717) is 17.4 Å². The lowest BCUT2D eigenvalue weighted by atomic mass is 9.91. The van der Waals surface area contributed by atoms with Gasteiger partial charge in [-0.1, -0.05) is 6.07 Å². The summed E-state index contributed by atoms with van der Waals surface area (Å²) in [6.07, 6.45) is 5.86. The number of hydrogen-bond donors (Lipinski definition) is 3. The van der Waals surface area contributed by atoms with Crippen molar-refractivity contribution in [2.75, 3.05) is 42.8 Å². The van der Waals surface area contributed by atoms with Crippen molar-refractivity contribution >= 4 is 40.0 Å². The number of aromatic amines is 1. The molecule has 7 rings (SSSR count). The molecule has 0 unspecified atom stereocenters. The maximum Gasteiger partial charge on any atom is 0.235 e. The van der Waals surface area contributed by atoms with Gasteiger partial charge in [0.15, 0.2) is 17.5 Å². The molecular weight excluding hydrogens is 482 g/mol. The highest BCUT2D eigenvalue weighted by Crippen LogP contribution is 2.65. The van der Waals surface area contributed by atoms with E-state index in [2.05, 4.69) is 47.8 Å². The van der Waals surface area contributed by atoms with Gasteiger partial charge in [0.2, 0.25) is 11.7 Å². The van der Waals surface area contributed by atoms with Gasteiger partial charge in [-0.2, -0.15) is 5.10 Å². The molecule has 1 saturated heterocycles. The van der Waals surface area contributed by atoms with E-state index in [1.165, 1.54) is 6.42 Å². The third-order valence-corrected chi connectivity index (χ3v) is 8.19. The summed E-state index contributed by atoms with van der Waals surface area (Å²) in [5, 5.41) is 15.0. The van der Waals surface area contributed by atoms with Gasteiger partial charge in [-0.05, 0) is 67.1 Å². The Kier molecular flexibility index (Phi) is 5.17. The molecule has 1 spiro atoms. The summed E-state index contributed by atoms with van der Waals surface area (Å²) in [5.41, 5.74) is 3.33. The number of H-pyrrole nitrogens is 1. The van der Waals surface area contributed by atoms with Crippen LogP contribution in [0.15, 0.2) is 42.7 Å². The average molecular weight is 512 g/mol. The molecule has 3 aliphatic rings. The first-order valence-corrected chi connectivity index (χ1v) is 13.0. The molecule has 2 atom stereocenters. The molecule has 2 aromatic carbocycles. The van der Waals surface area contributed by atoms with Gasteiger partial charge in [0.1, 0.15) is 12.1 Å². The Labute approximate surface area is 219 Å². The highest BCUT2D eigenvalue weighted by molar-refractivity contribution is 6.10. The van der Waals surface area contributed by atoms with Crippen molar-refractivity contribution in [1.82, 2.24) is 20.2 Å². The minimum absolute atomic E-state index is 0.0539. The number of ether oxygens (including phenoxy) is 2. The summed E-state index contributed by atoms with van der Waals surface area (Å²) in [4.78, 5) is 24.3. The van der Waals surface area contributed by atoms with Crippen LogP contribution in [0.5, 0.6) is 11.5 Å². The lowest BCUT2D eigenvalue weighted by molar-refractivity contribution is -0.118. The van der Waals surface area contributed by atoms with Crippen LogP contribution in [0, 0.1) is 0 Å². The van der Waals surface area contributed by atoms with Crippen molar-refractivity contribution in [2.45, 2.75) is 37.0 Å². The standard InChI is InChI=1S/C28H29N7O3/c1-37-17-7-9-21-19(13-17)28(27(36)31-21)14-20(28)16-6-8-18-22(12-16)33-34-24(18)32-25-23(38-2)26(30-15-29-25)35-10-4-3-5-11-35/h6-9,12-13,15,20H,3-5,10-11,14H2,1-2H3,(H,31,36)(H2,29,30,32,33,34)/t20-,28-/m0/s1. The van der Waals surface area contributed by atoms with Gasteiger partial charge in [-0.25, -0.2) is 9.97 Å². The Morgan fingerprint density at radius 3 is 2.71 bits per heavy atom. The largest absolute Gasteiger partial charge is 0.497 e. The van der Waals surface area contributed by atoms with E-state index in [1.54, 1.807) is 20.5 Å². The Hall–Kier alpha value is -4.34. The Morgan fingerprint density at radius 2 is 1.89 bits per heavy atom. The molecule has 4 heterocycles. The second-order valence-electron chi connectivity index (χ2n) is 10.2. The smallest absolute Gasteiger partial charge is 0.235 e. The topological polar surface area (TPSA) is 117 Å². The minimum atomic E-state index is -0.544. The van der Waals surface area contributed by atoms with Crippen LogP contribution in [-0.2, 0) is 10.2 Å². The lowest BCUT2D eigenvalue weighted by Gasteiger charge is -2.29. The van der Waals surface area contributed by atoms with Gasteiger partial charge in [0, 0.05) is 30.1 Å². The number of benzene rings is 2. The third-order valence-electron chi connectivity index (χ3n) is 8.19. The highest BCUT2D eigenvalue weighted by Gasteiger charge is 2.65. The van der Waals surface area contributed by atoms with Gasteiger partial charge in [-0.3, -0.25) is 9.89 Å². The van der Waals surface area contributed by atoms with Crippen LogP contribution in [-0.4, -0.2) is 53.4 Å². The van der Waals surface area contributed by atoms with Crippen LogP contribution in [0.4, 0.5) is 23.1 Å². The van der Waals surface area contributed by atoms with Gasteiger partial charge < -0.3 is 25.0 Å². The first-order valence-electron chi connectivity index (χ1n) is 13.0. The Bertz CT molecular complexity index is 1560. The second-order valence-corrected chi connectivity index (χ2v) is 10.2. The quantitative estimate of drug-likeness (QED) is 0.347. The molecule has 1 amide bonds. The predicted molar refractivity (Wildman–Crippen MR) is 145 cm³/mol. The van der Waals surface area contributed by atoms with Crippen LogP contribution in [0.25, 0.3) is 10.9 Å². The molecule has 38 heavy (non-hydrogen) atoms. The Morgan fingerprint density at radius 1 is 1.03 bits per heavy atom. The predicted octanol–water partition coefficient (Wildman–Crippen LogP) is 4.48. The molecule has 10 heteroatoms. The lowest BCUT2D eigenvalue weighted by Crippen LogP contribution is -2.30. The maximum atomic E-state index is 13.1. The molecule has 3 N–H and O–H groups in total. The third kappa shape index (κ3) is 3.39. The molecule has 2 fully saturated rings. The summed E-state index contributed by atoms with van der Waals surface area (Å²) in [6.45, 7) is 1.91. The van der Waals surface area contributed by atoms with E-state index in [0.717, 1.165) is 71.6 Å².